The fourth-order valence-electron chi connectivity index (χ4n) is 1.82. The van der Waals surface area contributed by atoms with Gasteiger partial charge in [0.25, 0.3) is 5.91 Å². The Morgan fingerprint density at radius 1 is 1.15 bits per heavy atom. The molecule has 0 saturated carbocycles. The second-order valence-corrected chi connectivity index (χ2v) is 6.20. The zero-order chi connectivity index (χ0) is 14.7. The van der Waals surface area contributed by atoms with Gasteiger partial charge in [-0.15, -0.1) is 0 Å². The van der Waals surface area contributed by atoms with E-state index in [2.05, 4.69) is 21.2 Å². The molecule has 0 bridgehead atoms. The average Bonchev–Trinajstić information content (AvgIpc) is 2.37. The summed E-state index contributed by atoms with van der Waals surface area (Å²) in [5.41, 5.74) is 1.46. The van der Waals surface area contributed by atoms with E-state index in [4.69, 9.17) is 23.2 Å². The number of halogens is 3. The van der Waals surface area contributed by atoms with Crippen LogP contribution in [0, 0.1) is 0 Å². The predicted octanol–water partition coefficient (Wildman–Crippen LogP) is 5.25. The molecule has 5 heteroatoms. The molecule has 0 saturated heterocycles. The van der Waals surface area contributed by atoms with E-state index in [1.165, 1.54) is 0 Å². The number of benzene rings is 2. The summed E-state index contributed by atoms with van der Waals surface area (Å²) in [5, 5.41) is 4.08. The van der Waals surface area contributed by atoms with Crippen molar-refractivity contribution in [3.05, 3.63) is 68.1 Å². The minimum absolute atomic E-state index is 0.140. The van der Waals surface area contributed by atoms with Crippen LogP contribution in [-0.2, 0) is 0 Å². The third-order valence-corrected chi connectivity index (χ3v) is 3.73. The number of rotatable bonds is 3. The number of carbonyl (C=O) groups excluding carboxylic acids is 1. The van der Waals surface area contributed by atoms with Gasteiger partial charge in [-0.25, -0.2) is 0 Å². The Balaban J connectivity index is 2.15. The average molecular weight is 373 g/mol. The standard InChI is InChI=1S/C15H12BrCl2NO/c1-9(10-3-2-4-13(17)6-10)19-15(20)11-5-12(16)8-14(18)7-11/h2-9H,1H3,(H,19,20). The lowest BCUT2D eigenvalue weighted by molar-refractivity contribution is 0.0940. The Labute approximate surface area is 136 Å². The molecule has 2 aromatic rings. The van der Waals surface area contributed by atoms with Crippen LogP contribution in [0.1, 0.15) is 28.9 Å². The minimum atomic E-state index is -0.180. The highest BCUT2D eigenvalue weighted by atomic mass is 79.9. The van der Waals surface area contributed by atoms with Crippen molar-refractivity contribution in [2.45, 2.75) is 13.0 Å². The van der Waals surface area contributed by atoms with Crippen molar-refractivity contribution >= 4 is 45.0 Å². The Morgan fingerprint density at radius 3 is 2.55 bits per heavy atom. The molecule has 0 spiro atoms. The third-order valence-electron chi connectivity index (χ3n) is 2.82. The molecule has 0 radical (unpaired) electrons. The van der Waals surface area contributed by atoms with E-state index in [-0.39, 0.29) is 11.9 Å². The topological polar surface area (TPSA) is 29.1 Å². The van der Waals surface area contributed by atoms with E-state index in [9.17, 15) is 4.79 Å². The lowest BCUT2D eigenvalue weighted by Crippen LogP contribution is -2.26. The van der Waals surface area contributed by atoms with Gasteiger partial charge in [-0.2, -0.15) is 0 Å². The fraction of sp³-hybridized carbons (Fsp3) is 0.133. The normalized spacial score (nSPS) is 12.0. The highest BCUT2D eigenvalue weighted by molar-refractivity contribution is 9.10. The second kappa shape index (κ2) is 6.61. The van der Waals surface area contributed by atoms with Gasteiger partial charge in [0.1, 0.15) is 0 Å². The van der Waals surface area contributed by atoms with Gasteiger partial charge in [0.2, 0.25) is 0 Å². The summed E-state index contributed by atoms with van der Waals surface area (Å²) < 4.78 is 0.769. The Bertz CT molecular complexity index is 625. The van der Waals surface area contributed by atoms with Crippen molar-refractivity contribution < 1.29 is 4.79 Å². The highest BCUT2D eigenvalue weighted by Gasteiger charge is 2.12. The first kappa shape index (κ1) is 15.4. The predicted molar refractivity (Wildman–Crippen MR) is 86.5 cm³/mol. The number of amides is 1. The first-order valence-electron chi connectivity index (χ1n) is 5.98. The van der Waals surface area contributed by atoms with Gasteiger partial charge in [0.15, 0.2) is 0 Å². The fourth-order valence-corrected chi connectivity index (χ4v) is 2.88. The molecule has 1 amide bonds. The maximum atomic E-state index is 12.2. The summed E-state index contributed by atoms with van der Waals surface area (Å²) in [7, 11) is 0. The SMILES string of the molecule is CC(NC(=O)c1cc(Cl)cc(Br)c1)c1cccc(Cl)c1. The van der Waals surface area contributed by atoms with Crippen molar-refractivity contribution in [3.8, 4) is 0 Å². The molecule has 0 aromatic heterocycles. The van der Waals surface area contributed by atoms with Crippen LogP contribution in [-0.4, -0.2) is 5.91 Å². The molecule has 1 N–H and O–H groups in total. The van der Waals surface area contributed by atoms with Crippen LogP contribution in [0.4, 0.5) is 0 Å². The van der Waals surface area contributed by atoms with Crippen LogP contribution in [0.25, 0.3) is 0 Å². The van der Waals surface area contributed by atoms with Crippen LogP contribution in [0.5, 0.6) is 0 Å². The van der Waals surface area contributed by atoms with Gasteiger partial charge in [-0.3, -0.25) is 4.79 Å². The zero-order valence-electron chi connectivity index (χ0n) is 10.7. The smallest absolute Gasteiger partial charge is 0.251 e. The largest absolute Gasteiger partial charge is 0.346 e. The van der Waals surface area contributed by atoms with Crippen LogP contribution >= 0.6 is 39.1 Å². The quantitative estimate of drug-likeness (QED) is 0.783. The van der Waals surface area contributed by atoms with E-state index < -0.39 is 0 Å². The Hall–Kier alpha value is -1.03. The van der Waals surface area contributed by atoms with Crippen molar-refractivity contribution in [1.82, 2.24) is 5.32 Å². The summed E-state index contributed by atoms with van der Waals surface area (Å²) in [6.45, 7) is 1.91. The molecule has 1 atom stereocenters. The minimum Gasteiger partial charge on any atom is -0.346 e. The maximum Gasteiger partial charge on any atom is 0.251 e. The van der Waals surface area contributed by atoms with E-state index in [0.717, 1.165) is 10.0 Å². The summed E-state index contributed by atoms with van der Waals surface area (Å²) in [6, 6.07) is 12.4. The molecule has 104 valence electrons. The maximum absolute atomic E-state index is 12.2. The molecule has 0 fully saturated rings. The molecular formula is C15H12BrCl2NO. The van der Waals surface area contributed by atoms with E-state index in [1.54, 1.807) is 24.3 Å². The molecule has 0 heterocycles. The molecule has 2 nitrogen and oxygen atoms in total. The molecule has 2 rings (SSSR count). The number of hydrogen-bond acceptors (Lipinski definition) is 1. The lowest BCUT2D eigenvalue weighted by atomic mass is 10.1. The molecule has 0 aliphatic rings. The summed E-state index contributed by atoms with van der Waals surface area (Å²) in [6.07, 6.45) is 0. The Kier molecular flexibility index (Phi) is 5.08. The number of nitrogens with one attached hydrogen (secondary N) is 1. The molecular weight excluding hydrogens is 361 g/mol. The number of carbonyl (C=O) groups is 1. The van der Waals surface area contributed by atoms with Crippen LogP contribution in [0.3, 0.4) is 0 Å². The number of hydrogen-bond donors (Lipinski definition) is 1. The van der Waals surface area contributed by atoms with E-state index >= 15 is 0 Å². The lowest BCUT2D eigenvalue weighted by Gasteiger charge is -2.15. The third kappa shape index (κ3) is 3.98. The van der Waals surface area contributed by atoms with Gasteiger partial charge in [-0.1, -0.05) is 51.3 Å². The second-order valence-electron chi connectivity index (χ2n) is 4.41. The summed E-state index contributed by atoms with van der Waals surface area (Å²) >= 11 is 15.2. The molecule has 0 aliphatic heterocycles. The molecule has 2 aromatic carbocycles. The highest BCUT2D eigenvalue weighted by Crippen LogP contribution is 2.21. The van der Waals surface area contributed by atoms with Crippen LogP contribution in [0.15, 0.2) is 46.9 Å². The molecule has 20 heavy (non-hydrogen) atoms. The first-order valence-corrected chi connectivity index (χ1v) is 7.53. The first-order chi connectivity index (χ1) is 9.45. The van der Waals surface area contributed by atoms with Crippen molar-refractivity contribution in [3.63, 3.8) is 0 Å². The van der Waals surface area contributed by atoms with Gasteiger partial charge < -0.3 is 5.32 Å². The van der Waals surface area contributed by atoms with Gasteiger partial charge >= 0.3 is 0 Å². The van der Waals surface area contributed by atoms with E-state index in [0.29, 0.717) is 15.6 Å². The summed E-state index contributed by atoms with van der Waals surface area (Å²) in [5.74, 6) is -0.180. The zero-order valence-corrected chi connectivity index (χ0v) is 13.8. The summed E-state index contributed by atoms with van der Waals surface area (Å²) in [4.78, 5) is 12.2. The van der Waals surface area contributed by atoms with Crippen molar-refractivity contribution in [2.75, 3.05) is 0 Å². The Morgan fingerprint density at radius 2 is 1.90 bits per heavy atom. The van der Waals surface area contributed by atoms with Crippen molar-refractivity contribution in [1.29, 1.82) is 0 Å². The monoisotopic (exact) mass is 371 g/mol. The van der Waals surface area contributed by atoms with Crippen LogP contribution < -0.4 is 5.32 Å². The molecule has 0 aliphatic carbocycles. The molecule has 1 unspecified atom stereocenters. The van der Waals surface area contributed by atoms with Gasteiger partial charge in [0.05, 0.1) is 6.04 Å². The van der Waals surface area contributed by atoms with E-state index in [1.807, 2.05) is 25.1 Å². The van der Waals surface area contributed by atoms with Crippen LogP contribution in [0.2, 0.25) is 10.0 Å². The van der Waals surface area contributed by atoms with Crippen molar-refractivity contribution in [2.24, 2.45) is 0 Å². The van der Waals surface area contributed by atoms with Gasteiger partial charge in [-0.05, 0) is 42.8 Å². The van der Waals surface area contributed by atoms with Gasteiger partial charge in [0, 0.05) is 20.1 Å².